The number of carbonyl (C=O) groups is 1. The average molecular weight is 287 g/mol. The predicted molar refractivity (Wildman–Crippen MR) is 83.0 cm³/mol. The van der Waals surface area contributed by atoms with E-state index < -0.39 is 5.97 Å². The first kappa shape index (κ1) is 14.5. The molecule has 0 amide bonds. The summed E-state index contributed by atoms with van der Waals surface area (Å²) in [6, 6.07) is 8.19. The van der Waals surface area contributed by atoms with Crippen LogP contribution in [0.4, 0.5) is 0 Å². The molecule has 0 fully saturated rings. The van der Waals surface area contributed by atoms with Gasteiger partial charge in [0.1, 0.15) is 5.01 Å². The lowest BCUT2D eigenvalue weighted by Gasteiger charge is -1.97. The molecule has 2 rings (SSSR count). The summed E-state index contributed by atoms with van der Waals surface area (Å²) in [5, 5.41) is 9.70. The van der Waals surface area contributed by atoms with E-state index in [1.54, 1.807) is 17.4 Å². The molecule has 0 unspecified atom stereocenters. The minimum Gasteiger partial charge on any atom is -0.478 e. The number of thiazole rings is 1. The largest absolute Gasteiger partial charge is 0.478 e. The smallest absolute Gasteiger partial charge is 0.328 e. The molecule has 0 spiro atoms. The molecule has 0 atom stereocenters. The van der Waals surface area contributed by atoms with Crippen molar-refractivity contribution < 1.29 is 9.90 Å². The fraction of sp³-hybridized carbons (Fsp3) is 0.250. The van der Waals surface area contributed by atoms with Gasteiger partial charge in [-0.05, 0) is 25.5 Å². The van der Waals surface area contributed by atoms with Crippen LogP contribution in [0.15, 0.2) is 30.3 Å². The van der Waals surface area contributed by atoms with Crippen molar-refractivity contribution in [2.24, 2.45) is 0 Å². The molecule has 3 nitrogen and oxygen atoms in total. The minimum atomic E-state index is -0.932. The van der Waals surface area contributed by atoms with E-state index in [0.29, 0.717) is 0 Å². The van der Waals surface area contributed by atoms with Gasteiger partial charge >= 0.3 is 5.97 Å². The molecule has 0 aliphatic heterocycles. The Bertz CT molecular complexity index is 644. The van der Waals surface area contributed by atoms with Gasteiger partial charge in [-0.2, -0.15) is 0 Å². The van der Waals surface area contributed by atoms with Gasteiger partial charge < -0.3 is 5.11 Å². The number of hydrogen-bond acceptors (Lipinski definition) is 3. The molecule has 0 radical (unpaired) electrons. The van der Waals surface area contributed by atoms with Crippen molar-refractivity contribution in [2.75, 3.05) is 0 Å². The molecule has 1 N–H and O–H groups in total. The second kappa shape index (κ2) is 6.48. The van der Waals surface area contributed by atoms with Gasteiger partial charge in [-0.15, -0.1) is 11.3 Å². The number of carboxylic acid groups (broad SMARTS) is 1. The van der Waals surface area contributed by atoms with Crippen LogP contribution in [0.3, 0.4) is 0 Å². The first-order chi connectivity index (χ1) is 9.60. The first-order valence-electron chi connectivity index (χ1n) is 6.58. The Morgan fingerprint density at radius 3 is 2.90 bits per heavy atom. The van der Waals surface area contributed by atoms with Crippen molar-refractivity contribution in [3.8, 4) is 10.6 Å². The maximum atomic E-state index is 10.7. The van der Waals surface area contributed by atoms with Crippen molar-refractivity contribution in [2.45, 2.75) is 26.7 Å². The lowest BCUT2D eigenvalue weighted by atomic mass is 10.1. The Morgan fingerprint density at radius 1 is 1.45 bits per heavy atom. The van der Waals surface area contributed by atoms with Crippen molar-refractivity contribution in [1.29, 1.82) is 0 Å². The Hall–Kier alpha value is -1.94. The highest BCUT2D eigenvalue weighted by Gasteiger charge is 2.10. The highest BCUT2D eigenvalue weighted by atomic mass is 32.1. The summed E-state index contributed by atoms with van der Waals surface area (Å²) in [6.45, 7) is 4.14. The van der Waals surface area contributed by atoms with E-state index in [9.17, 15) is 4.79 Å². The van der Waals surface area contributed by atoms with Crippen LogP contribution in [-0.2, 0) is 11.2 Å². The Balaban J connectivity index is 2.40. The number of hydrogen-bond donors (Lipinski definition) is 1. The van der Waals surface area contributed by atoms with E-state index in [1.165, 1.54) is 11.6 Å². The quantitative estimate of drug-likeness (QED) is 0.840. The van der Waals surface area contributed by atoms with Gasteiger partial charge in [-0.25, -0.2) is 9.78 Å². The molecule has 0 saturated carbocycles. The molecular weight excluding hydrogens is 270 g/mol. The van der Waals surface area contributed by atoms with Crippen molar-refractivity contribution in [3.63, 3.8) is 0 Å². The lowest BCUT2D eigenvalue weighted by molar-refractivity contribution is -0.131. The van der Waals surface area contributed by atoms with Gasteiger partial charge in [0.15, 0.2) is 0 Å². The van der Waals surface area contributed by atoms with Crippen LogP contribution in [0.5, 0.6) is 0 Å². The molecular formula is C16H17NO2S. The third kappa shape index (κ3) is 3.54. The second-order valence-corrected chi connectivity index (χ2v) is 5.65. The molecule has 0 saturated heterocycles. The Labute approximate surface area is 122 Å². The van der Waals surface area contributed by atoms with Crippen LogP contribution in [-0.4, -0.2) is 16.1 Å². The van der Waals surface area contributed by atoms with E-state index in [0.717, 1.165) is 34.0 Å². The fourth-order valence-corrected chi connectivity index (χ4v) is 2.97. The molecule has 0 aliphatic rings. The first-order valence-corrected chi connectivity index (χ1v) is 7.39. The summed E-state index contributed by atoms with van der Waals surface area (Å²) in [5.74, 6) is -0.932. The summed E-state index contributed by atoms with van der Waals surface area (Å²) < 4.78 is 0. The monoisotopic (exact) mass is 287 g/mol. The molecule has 104 valence electrons. The normalized spacial score (nSPS) is 11.1. The molecule has 0 aliphatic carbocycles. The highest BCUT2D eigenvalue weighted by Crippen LogP contribution is 2.30. The zero-order valence-corrected chi connectivity index (χ0v) is 12.4. The van der Waals surface area contributed by atoms with Crippen molar-refractivity contribution >= 4 is 23.4 Å². The van der Waals surface area contributed by atoms with Gasteiger partial charge in [0.05, 0.1) is 10.6 Å². The van der Waals surface area contributed by atoms with Crippen LogP contribution in [0, 0.1) is 6.92 Å². The van der Waals surface area contributed by atoms with E-state index >= 15 is 0 Å². The summed E-state index contributed by atoms with van der Waals surface area (Å²) in [4.78, 5) is 16.3. The van der Waals surface area contributed by atoms with Crippen LogP contribution in [0.2, 0.25) is 0 Å². The summed E-state index contributed by atoms with van der Waals surface area (Å²) in [7, 11) is 0. The molecule has 0 bridgehead atoms. The molecule has 4 heteroatoms. The van der Waals surface area contributed by atoms with E-state index in [-0.39, 0.29) is 0 Å². The summed E-state index contributed by atoms with van der Waals surface area (Å²) in [6.07, 6.45) is 4.67. The SMILES string of the molecule is CCCc1nc(-c2cccc(C)c2)sc1/C=C/C(=O)O. The number of benzene rings is 1. The van der Waals surface area contributed by atoms with Gasteiger partial charge in [0, 0.05) is 11.6 Å². The molecule has 20 heavy (non-hydrogen) atoms. The maximum absolute atomic E-state index is 10.7. The maximum Gasteiger partial charge on any atom is 0.328 e. The molecule has 2 aromatic rings. The Kier molecular flexibility index (Phi) is 4.69. The lowest BCUT2D eigenvalue weighted by Crippen LogP contribution is -1.88. The third-order valence-electron chi connectivity index (χ3n) is 2.86. The van der Waals surface area contributed by atoms with Crippen LogP contribution in [0.25, 0.3) is 16.6 Å². The van der Waals surface area contributed by atoms with E-state index in [4.69, 9.17) is 5.11 Å². The van der Waals surface area contributed by atoms with E-state index in [1.807, 2.05) is 12.1 Å². The number of nitrogens with zero attached hydrogens (tertiary/aromatic N) is 1. The second-order valence-electron chi connectivity index (χ2n) is 4.62. The van der Waals surface area contributed by atoms with Crippen LogP contribution < -0.4 is 0 Å². The minimum absolute atomic E-state index is 0.863. The van der Waals surface area contributed by atoms with Gasteiger partial charge in [-0.3, -0.25) is 0 Å². The topological polar surface area (TPSA) is 50.2 Å². The number of aliphatic carboxylic acids is 1. The van der Waals surface area contributed by atoms with Crippen molar-refractivity contribution in [1.82, 2.24) is 4.98 Å². The summed E-state index contributed by atoms with van der Waals surface area (Å²) >= 11 is 1.54. The number of aryl methyl sites for hydroxylation is 2. The third-order valence-corrected chi connectivity index (χ3v) is 3.97. The van der Waals surface area contributed by atoms with Crippen LogP contribution in [0.1, 0.15) is 29.5 Å². The molecule has 1 aromatic heterocycles. The molecule has 1 heterocycles. The van der Waals surface area contributed by atoms with E-state index in [2.05, 4.69) is 31.0 Å². The van der Waals surface area contributed by atoms with Gasteiger partial charge in [0.2, 0.25) is 0 Å². The molecule has 1 aromatic carbocycles. The number of carboxylic acids is 1. The predicted octanol–water partition coefficient (Wildman–Crippen LogP) is 4.17. The van der Waals surface area contributed by atoms with Gasteiger partial charge in [0.25, 0.3) is 0 Å². The average Bonchev–Trinajstić information content (AvgIpc) is 2.80. The standard InChI is InChI=1S/C16H17NO2S/c1-3-5-13-14(8-9-15(18)19)20-16(17-13)12-7-4-6-11(2)10-12/h4,6-10H,3,5H2,1-2H3,(H,18,19)/b9-8+. The highest BCUT2D eigenvalue weighted by molar-refractivity contribution is 7.16. The zero-order valence-electron chi connectivity index (χ0n) is 11.6. The van der Waals surface area contributed by atoms with Crippen LogP contribution >= 0.6 is 11.3 Å². The summed E-state index contributed by atoms with van der Waals surface area (Å²) in [5.41, 5.74) is 3.26. The van der Waals surface area contributed by atoms with Crippen molar-refractivity contribution in [3.05, 3.63) is 46.5 Å². The number of rotatable bonds is 5. The Morgan fingerprint density at radius 2 is 2.25 bits per heavy atom. The zero-order chi connectivity index (χ0) is 14.5. The van der Waals surface area contributed by atoms with Gasteiger partial charge in [-0.1, -0.05) is 37.1 Å². The fourth-order valence-electron chi connectivity index (χ4n) is 1.96. The number of aromatic nitrogens is 1.